The molecule has 18 heavy (non-hydrogen) atoms. The van der Waals surface area contributed by atoms with E-state index in [4.69, 9.17) is 5.84 Å². The van der Waals surface area contributed by atoms with Crippen molar-refractivity contribution in [1.29, 1.82) is 0 Å². The Morgan fingerprint density at radius 3 is 2.50 bits per heavy atom. The summed E-state index contributed by atoms with van der Waals surface area (Å²) >= 11 is 0. The van der Waals surface area contributed by atoms with E-state index in [1.165, 1.54) is 6.07 Å². The van der Waals surface area contributed by atoms with Crippen LogP contribution in [-0.4, -0.2) is 48.6 Å². The standard InChI is InChI=1S/C13H19FN4/c14-11-4-2-1-3-10(11)13(16-15)12-9-17-5-7-18(12)8-6-17/h1-4,12-13,16H,5-9,15H2. The third kappa shape index (κ3) is 2.03. The maximum atomic E-state index is 13.9. The van der Waals surface area contributed by atoms with E-state index < -0.39 is 0 Å². The molecule has 4 nitrogen and oxygen atoms in total. The van der Waals surface area contributed by atoms with Gasteiger partial charge in [0.25, 0.3) is 0 Å². The van der Waals surface area contributed by atoms with Crippen molar-refractivity contribution in [2.75, 3.05) is 32.7 Å². The van der Waals surface area contributed by atoms with Crippen LogP contribution in [0, 0.1) is 5.82 Å². The third-order valence-electron chi connectivity index (χ3n) is 4.13. The lowest BCUT2D eigenvalue weighted by Gasteiger charge is -2.50. The van der Waals surface area contributed by atoms with Crippen molar-refractivity contribution in [2.45, 2.75) is 12.1 Å². The van der Waals surface area contributed by atoms with Gasteiger partial charge in [0.15, 0.2) is 0 Å². The highest BCUT2D eigenvalue weighted by molar-refractivity contribution is 5.23. The Labute approximate surface area is 107 Å². The third-order valence-corrected chi connectivity index (χ3v) is 4.13. The molecule has 0 aromatic heterocycles. The second kappa shape index (κ2) is 4.93. The normalized spacial score (nSPS) is 32.4. The Hall–Kier alpha value is -1.01. The van der Waals surface area contributed by atoms with Gasteiger partial charge in [0.1, 0.15) is 5.82 Å². The molecule has 0 spiro atoms. The minimum absolute atomic E-state index is 0.144. The SMILES string of the molecule is NNC(c1ccccc1F)C1CN2CCN1CC2. The zero-order chi connectivity index (χ0) is 12.5. The number of hydrazine groups is 1. The van der Waals surface area contributed by atoms with Gasteiger partial charge >= 0.3 is 0 Å². The summed E-state index contributed by atoms with van der Waals surface area (Å²) in [6.07, 6.45) is 0. The molecular weight excluding hydrogens is 231 g/mol. The van der Waals surface area contributed by atoms with E-state index in [0.717, 1.165) is 32.7 Å². The highest BCUT2D eigenvalue weighted by Gasteiger charge is 2.37. The molecule has 4 rings (SSSR count). The molecule has 3 aliphatic rings. The van der Waals surface area contributed by atoms with Crippen LogP contribution in [0.1, 0.15) is 11.6 Å². The Kier molecular flexibility index (Phi) is 3.30. The first-order chi connectivity index (χ1) is 8.79. The Balaban J connectivity index is 1.87. The number of benzene rings is 1. The average Bonchev–Trinajstić information content (AvgIpc) is 2.43. The van der Waals surface area contributed by atoms with E-state index >= 15 is 0 Å². The van der Waals surface area contributed by atoms with E-state index in [0.29, 0.717) is 5.56 Å². The maximum absolute atomic E-state index is 13.9. The van der Waals surface area contributed by atoms with Gasteiger partial charge in [-0.25, -0.2) is 4.39 Å². The van der Waals surface area contributed by atoms with Crippen LogP contribution in [0.5, 0.6) is 0 Å². The van der Waals surface area contributed by atoms with Gasteiger partial charge in [-0.1, -0.05) is 18.2 Å². The Morgan fingerprint density at radius 2 is 1.94 bits per heavy atom. The number of piperazine rings is 3. The van der Waals surface area contributed by atoms with E-state index in [1.807, 2.05) is 12.1 Å². The van der Waals surface area contributed by atoms with Gasteiger partial charge in [0, 0.05) is 44.3 Å². The van der Waals surface area contributed by atoms with Gasteiger partial charge in [-0.2, -0.15) is 0 Å². The molecule has 2 atom stereocenters. The number of nitrogens with zero attached hydrogens (tertiary/aromatic N) is 2. The lowest BCUT2D eigenvalue weighted by Crippen LogP contribution is -2.64. The summed E-state index contributed by atoms with van der Waals surface area (Å²) in [5.41, 5.74) is 3.47. The highest BCUT2D eigenvalue weighted by atomic mass is 19.1. The molecule has 2 unspecified atom stereocenters. The van der Waals surface area contributed by atoms with Crippen LogP contribution in [0.4, 0.5) is 4.39 Å². The van der Waals surface area contributed by atoms with Crippen molar-refractivity contribution in [3.05, 3.63) is 35.6 Å². The predicted molar refractivity (Wildman–Crippen MR) is 68.3 cm³/mol. The molecular formula is C13H19FN4. The van der Waals surface area contributed by atoms with Crippen LogP contribution in [0.2, 0.25) is 0 Å². The molecule has 3 N–H and O–H groups in total. The summed E-state index contributed by atoms with van der Waals surface area (Å²) in [6.45, 7) is 5.30. The van der Waals surface area contributed by atoms with E-state index in [9.17, 15) is 4.39 Å². The number of nitrogens with one attached hydrogen (secondary N) is 1. The van der Waals surface area contributed by atoms with Crippen molar-refractivity contribution < 1.29 is 4.39 Å². The minimum Gasteiger partial charge on any atom is -0.299 e. The maximum Gasteiger partial charge on any atom is 0.128 e. The lowest BCUT2D eigenvalue weighted by atomic mass is 9.94. The fourth-order valence-electron chi connectivity index (χ4n) is 3.11. The number of halogens is 1. The van der Waals surface area contributed by atoms with Crippen molar-refractivity contribution in [1.82, 2.24) is 15.2 Å². The molecule has 1 aromatic rings. The lowest BCUT2D eigenvalue weighted by molar-refractivity contribution is -0.00419. The highest BCUT2D eigenvalue weighted by Crippen LogP contribution is 2.28. The fraction of sp³-hybridized carbons (Fsp3) is 0.538. The monoisotopic (exact) mass is 250 g/mol. The van der Waals surface area contributed by atoms with E-state index in [2.05, 4.69) is 15.2 Å². The molecule has 98 valence electrons. The van der Waals surface area contributed by atoms with Crippen LogP contribution in [0.3, 0.4) is 0 Å². The number of hydrogen-bond donors (Lipinski definition) is 2. The zero-order valence-corrected chi connectivity index (χ0v) is 10.3. The molecule has 3 fully saturated rings. The molecule has 3 heterocycles. The quantitative estimate of drug-likeness (QED) is 0.599. The van der Waals surface area contributed by atoms with Gasteiger partial charge in [0.05, 0.1) is 6.04 Å². The molecule has 3 saturated heterocycles. The molecule has 0 saturated carbocycles. The zero-order valence-electron chi connectivity index (χ0n) is 10.3. The predicted octanol–water partition coefficient (Wildman–Crippen LogP) is 0.330. The number of fused-ring (bicyclic) bond motifs is 3. The van der Waals surface area contributed by atoms with Crippen molar-refractivity contribution in [3.63, 3.8) is 0 Å². The first-order valence-corrected chi connectivity index (χ1v) is 6.46. The molecule has 2 bridgehead atoms. The molecule has 3 aliphatic heterocycles. The van der Waals surface area contributed by atoms with Crippen molar-refractivity contribution >= 4 is 0 Å². The molecule has 5 heteroatoms. The molecule has 0 aliphatic carbocycles. The summed E-state index contributed by atoms with van der Waals surface area (Å²) < 4.78 is 13.9. The molecule has 0 amide bonds. The van der Waals surface area contributed by atoms with Crippen LogP contribution >= 0.6 is 0 Å². The van der Waals surface area contributed by atoms with Gasteiger partial charge in [-0.3, -0.25) is 21.1 Å². The smallest absolute Gasteiger partial charge is 0.128 e. The number of nitrogens with two attached hydrogens (primary N) is 1. The molecule has 1 aromatic carbocycles. The largest absolute Gasteiger partial charge is 0.299 e. The first-order valence-electron chi connectivity index (χ1n) is 6.46. The number of rotatable bonds is 3. The average molecular weight is 250 g/mol. The van der Waals surface area contributed by atoms with E-state index in [1.54, 1.807) is 6.07 Å². The van der Waals surface area contributed by atoms with Crippen molar-refractivity contribution in [2.24, 2.45) is 5.84 Å². The van der Waals surface area contributed by atoms with E-state index in [-0.39, 0.29) is 17.9 Å². The van der Waals surface area contributed by atoms with Crippen molar-refractivity contribution in [3.8, 4) is 0 Å². The topological polar surface area (TPSA) is 44.5 Å². The van der Waals surface area contributed by atoms with Gasteiger partial charge < -0.3 is 0 Å². The van der Waals surface area contributed by atoms with Gasteiger partial charge in [-0.05, 0) is 6.07 Å². The second-order valence-electron chi connectivity index (χ2n) is 5.07. The summed E-state index contributed by atoms with van der Waals surface area (Å²) in [4.78, 5) is 4.84. The first kappa shape index (κ1) is 12.0. The number of hydrogen-bond acceptors (Lipinski definition) is 4. The Morgan fingerprint density at radius 1 is 1.22 bits per heavy atom. The summed E-state index contributed by atoms with van der Waals surface area (Å²) in [7, 11) is 0. The van der Waals surface area contributed by atoms with Crippen LogP contribution in [0.15, 0.2) is 24.3 Å². The summed E-state index contributed by atoms with van der Waals surface area (Å²) in [5.74, 6) is 5.49. The van der Waals surface area contributed by atoms with Gasteiger partial charge in [-0.15, -0.1) is 0 Å². The second-order valence-corrected chi connectivity index (χ2v) is 5.07. The molecule has 0 radical (unpaired) electrons. The minimum atomic E-state index is -0.182. The van der Waals surface area contributed by atoms with Crippen LogP contribution in [-0.2, 0) is 0 Å². The van der Waals surface area contributed by atoms with Crippen LogP contribution in [0.25, 0.3) is 0 Å². The Bertz CT molecular complexity index is 417. The summed E-state index contributed by atoms with van der Waals surface area (Å²) in [6, 6.07) is 7.00. The summed E-state index contributed by atoms with van der Waals surface area (Å²) in [5, 5.41) is 0. The van der Waals surface area contributed by atoms with Gasteiger partial charge in [0.2, 0.25) is 0 Å². The van der Waals surface area contributed by atoms with Crippen LogP contribution < -0.4 is 11.3 Å². The fourth-order valence-corrected chi connectivity index (χ4v) is 3.11.